The van der Waals surface area contributed by atoms with Gasteiger partial charge < -0.3 is 0 Å². The molecule has 10 aliphatic rings. The maximum Gasteiger partial charge on any atom is 0.0605 e. The maximum absolute atomic E-state index is 4.36. The van der Waals surface area contributed by atoms with E-state index in [-0.39, 0.29) is 0 Å². The van der Waals surface area contributed by atoms with E-state index in [9.17, 15) is 0 Å². The first-order valence-electron chi connectivity index (χ1n) is 26.8. The van der Waals surface area contributed by atoms with Crippen LogP contribution in [0.1, 0.15) is 231 Å². The van der Waals surface area contributed by atoms with Gasteiger partial charge in [-0.1, -0.05) is 89.9 Å². The van der Waals surface area contributed by atoms with Gasteiger partial charge in [-0.3, -0.25) is 20.4 Å². The van der Waals surface area contributed by atoms with Crippen molar-refractivity contribution in [2.24, 2.45) is 41.4 Å². The van der Waals surface area contributed by atoms with Crippen LogP contribution in [0, 0.1) is 41.4 Å². The molecule has 4 nitrogen and oxygen atoms in total. The van der Waals surface area contributed by atoms with Crippen LogP contribution in [0.5, 0.6) is 0 Å². The molecule has 56 heavy (non-hydrogen) atoms. The Bertz CT molecular complexity index is 1140. The van der Waals surface area contributed by atoms with Crippen LogP contribution in [0.4, 0.5) is 0 Å². The Hall–Kier alpha value is -0.160. The van der Waals surface area contributed by atoms with E-state index in [0.29, 0.717) is 6.17 Å². The summed E-state index contributed by atoms with van der Waals surface area (Å²) in [5, 5.41) is 8.72. The number of hydrogen-bond acceptors (Lipinski definition) is 4. The van der Waals surface area contributed by atoms with Crippen LogP contribution in [0.25, 0.3) is 0 Å². The summed E-state index contributed by atoms with van der Waals surface area (Å²) < 4.78 is 0. The zero-order valence-electron chi connectivity index (χ0n) is 36.6. The molecule has 7 atom stereocenters. The highest BCUT2D eigenvalue weighted by Crippen LogP contribution is 2.54. The highest BCUT2D eigenvalue weighted by atomic mass is 15.3. The molecule has 2 N–H and O–H groups in total. The van der Waals surface area contributed by atoms with E-state index in [1.54, 1.807) is 25.7 Å². The second-order valence-corrected chi connectivity index (χ2v) is 23.0. The molecular formula is C52H90N4. The van der Waals surface area contributed by atoms with Crippen LogP contribution < -0.4 is 10.6 Å². The quantitative estimate of drug-likeness (QED) is 0.257. The van der Waals surface area contributed by atoms with Gasteiger partial charge in [0, 0.05) is 48.3 Å². The largest absolute Gasteiger partial charge is 0.299 e. The standard InChI is InChI=1S/C52H90N4/c1-5-15-39(16-6-1)48-36-49(40-17-7-2-8-18-40)54-52(53-48)41-27-25-37(26-28-41)38-29-31-44(32-30-38)56-50-24-14-13-23-46(50)47-35-45(33-34-51(47)56)55(42-19-9-3-10-20-42)43-21-11-4-12-22-43/h37-54H,1-36H2. The third kappa shape index (κ3) is 8.65. The van der Waals surface area contributed by atoms with Gasteiger partial charge in [0.1, 0.15) is 0 Å². The second kappa shape index (κ2) is 18.8. The van der Waals surface area contributed by atoms with E-state index in [0.717, 1.165) is 89.8 Å². The number of nitrogens with one attached hydrogen (secondary N) is 2. The number of nitrogens with zero attached hydrogens (tertiary/aromatic N) is 2. The Morgan fingerprint density at radius 1 is 0.321 bits per heavy atom. The van der Waals surface area contributed by atoms with Crippen molar-refractivity contribution in [2.45, 2.75) is 286 Å². The molecule has 10 fully saturated rings. The van der Waals surface area contributed by atoms with Crippen molar-refractivity contribution < 1.29 is 0 Å². The predicted octanol–water partition coefficient (Wildman–Crippen LogP) is 12.5. The lowest BCUT2D eigenvalue weighted by molar-refractivity contribution is -0.00861. The smallest absolute Gasteiger partial charge is 0.0605 e. The zero-order valence-corrected chi connectivity index (χ0v) is 36.6. The Kier molecular flexibility index (Phi) is 13.4. The van der Waals surface area contributed by atoms with E-state index in [1.807, 2.05) is 0 Å². The molecule has 0 bridgehead atoms. The molecule has 318 valence electrons. The van der Waals surface area contributed by atoms with Gasteiger partial charge in [0.15, 0.2) is 0 Å². The first-order chi connectivity index (χ1) is 27.8. The third-order valence-corrected chi connectivity index (χ3v) is 20.2. The molecule has 0 amide bonds. The lowest BCUT2D eigenvalue weighted by atomic mass is 9.68. The Morgan fingerprint density at radius 2 is 0.786 bits per heavy atom. The fourth-order valence-corrected chi connectivity index (χ4v) is 17.5. The molecule has 2 saturated heterocycles. The summed E-state index contributed by atoms with van der Waals surface area (Å²) in [6.07, 6.45) is 55.0. The van der Waals surface area contributed by atoms with Gasteiger partial charge in [-0.05, 0) is 183 Å². The average Bonchev–Trinajstić information content (AvgIpc) is 3.61. The van der Waals surface area contributed by atoms with Crippen LogP contribution in [0.2, 0.25) is 0 Å². The van der Waals surface area contributed by atoms with Crippen molar-refractivity contribution in [2.75, 3.05) is 0 Å². The number of hydrogen-bond donors (Lipinski definition) is 2. The molecule has 10 rings (SSSR count). The monoisotopic (exact) mass is 771 g/mol. The molecule has 0 aromatic carbocycles. The summed E-state index contributed by atoms with van der Waals surface area (Å²) in [4.78, 5) is 6.61. The lowest BCUT2D eigenvalue weighted by Crippen LogP contribution is -2.64. The molecule has 4 heteroatoms. The van der Waals surface area contributed by atoms with Gasteiger partial charge in [-0.15, -0.1) is 0 Å². The van der Waals surface area contributed by atoms with Crippen molar-refractivity contribution in [3.05, 3.63) is 0 Å². The molecule has 2 aliphatic heterocycles. The second-order valence-electron chi connectivity index (χ2n) is 23.0. The summed E-state index contributed by atoms with van der Waals surface area (Å²) in [6, 6.07) is 7.12. The summed E-state index contributed by atoms with van der Waals surface area (Å²) in [6.45, 7) is 0. The minimum Gasteiger partial charge on any atom is -0.299 e. The van der Waals surface area contributed by atoms with Crippen LogP contribution >= 0.6 is 0 Å². The summed E-state index contributed by atoms with van der Waals surface area (Å²) >= 11 is 0. The van der Waals surface area contributed by atoms with E-state index >= 15 is 0 Å². The van der Waals surface area contributed by atoms with Crippen LogP contribution in [-0.2, 0) is 0 Å². The highest BCUT2D eigenvalue weighted by molar-refractivity contribution is 5.08. The van der Waals surface area contributed by atoms with E-state index in [2.05, 4.69) is 20.4 Å². The maximum atomic E-state index is 4.36. The molecular weight excluding hydrogens is 681 g/mol. The van der Waals surface area contributed by atoms with Crippen molar-refractivity contribution in [3.8, 4) is 0 Å². The average molecular weight is 771 g/mol. The first-order valence-corrected chi connectivity index (χ1v) is 26.8. The fraction of sp³-hybridized carbons (Fsp3) is 1.00. The van der Waals surface area contributed by atoms with Crippen molar-refractivity contribution in [3.63, 3.8) is 0 Å². The molecule has 0 aromatic heterocycles. The van der Waals surface area contributed by atoms with Gasteiger partial charge in [0.25, 0.3) is 0 Å². The zero-order chi connectivity index (χ0) is 37.3. The summed E-state index contributed by atoms with van der Waals surface area (Å²) in [5.41, 5.74) is 0. The van der Waals surface area contributed by atoms with Crippen molar-refractivity contribution in [1.29, 1.82) is 0 Å². The SMILES string of the molecule is C1CCC(C2CC(C3CCCCC3)NC(C3CCC(C4CCC(N5C6CCCCC6C6CC(N(C7CCCCC7)C7CCCCC7)CCC65)CC4)CC3)N2)CC1. The van der Waals surface area contributed by atoms with Gasteiger partial charge in [-0.25, -0.2) is 0 Å². The Balaban J connectivity index is 0.749. The molecule has 0 radical (unpaired) electrons. The lowest BCUT2D eigenvalue weighted by Gasteiger charge is -2.51. The highest BCUT2D eigenvalue weighted by Gasteiger charge is 2.54. The van der Waals surface area contributed by atoms with Gasteiger partial charge >= 0.3 is 0 Å². The molecule has 8 aliphatic carbocycles. The van der Waals surface area contributed by atoms with Crippen LogP contribution in [0.15, 0.2) is 0 Å². The topological polar surface area (TPSA) is 30.5 Å². The van der Waals surface area contributed by atoms with Gasteiger partial charge in [0.2, 0.25) is 0 Å². The molecule has 8 saturated carbocycles. The Morgan fingerprint density at radius 3 is 1.36 bits per heavy atom. The molecule has 7 unspecified atom stereocenters. The Labute approximate surface area is 346 Å². The third-order valence-electron chi connectivity index (χ3n) is 20.2. The molecule has 0 aromatic rings. The van der Waals surface area contributed by atoms with Crippen LogP contribution in [0.3, 0.4) is 0 Å². The molecule has 2 heterocycles. The van der Waals surface area contributed by atoms with E-state index in [1.165, 1.54) is 205 Å². The fourth-order valence-electron chi connectivity index (χ4n) is 17.5. The number of likely N-dealkylation sites (tertiary alicyclic amines) is 1. The van der Waals surface area contributed by atoms with Crippen LogP contribution in [-0.4, -0.2) is 64.3 Å². The van der Waals surface area contributed by atoms with Gasteiger partial charge in [-0.2, -0.15) is 0 Å². The summed E-state index contributed by atoms with van der Waals surface area (Å²) in [7, 11) is 0. The van der Waals surface area contributed by atoms with Crippen molar-refractivity contribution in [1.82, 2.24) is 20.4 Å². The number of fused-ring (bicyclic) bond motifs is 3. The van der Waals surface area contributed by atoms with E-state index < -0.39 is 0 Å². The number of rotatable bonds is 8. The minimum atomic E-state index is 0.596. The minimum absolute atomic E-state index is 0.596. The molecule has 0 spiro atoms. The van der Waals surface area contributed by atoms with E-state index in [4.69, 9.17) is 0 Å². The van der Waals surface area contributed by atoms with Crippen molar-refractivity contribution >= 4 is 0 Å². The normalized spacial score (nSPS) is 44.7. The van der Waals surface area contributed by atoms with Gasteiger partial charge in [0.05, 0.1) is 6.17 Å². The first kappa shape index (κ1) is 39.9. The summed E-state index contributed by atoms with van der Waals surface area (Å²) in [5.74, 6) is 6.86. The predicted molar refractivity (Wildman–Crippen MR) is 235 cm³/mol.